The van der Waals surface area contributed by atoms with Gasteiger partial charge in [-0.05, 0) is 43.4 Å². The summed E-state index contributed by atoms with van der Waals surface area (Å²) in [4.78, 5) is 11.2. The summed E-state index contributed by atoms with van der Waals surface area (Å²) >= 11 is 0. The van der Waals surface area contributed by atoms with Gasteiger partial charge < -0.3 is 10.2 Å². The number of nitrogens with one attached hydrogen (secondary N) is 1. The molecule has 3 heterocycles. The number of sulfone groups is 1. The molecule has 1 unspecified atom stereocenters. The third kappa shape index (κ3) is 3.96. The highest BCUT2D eigenvalue weighted by Gasteiger charge is 2.30. The fourth-order valence-corrected chi connectivity index (χ4v) is 6.31. The standard InChI is InChI=1S/C20H25N5O2S/c1-14-8-17(24-10-15-4-7-28(26,27)13-15)12-25(11-14)18-3-2-16(9-21)19-20(18)23-6-5-22-19/h2-3,5-6,14-15,17,24H,4,7-8,10-13H2,1H3/t14-,15?,17+/m0/s1. The number of nitrogens with zero attached hydrogens (tertiary/aromatic N) is 4. The van der Waals surface area contributed by atoms with Crippen LogP contribution in [-0.4, -0.2) is 55.6 Å². The number of piperidine rings is 1. The van der Waals surface area contributed by atoms with Crippen LogP contribution in [0.3, 0.4) is 0 Å². The van der Waals surface area contributed by atoms with Crippen LogP contribution in [0.2, 0.25) is 0 Å². The summed E-state index contributed by atoms with van der Waals surface area (Å²) in [6.07, 6.45) is 5.11. The third-order valence-corrected chi connectivity index (χ3v) is 7.58. The molecule has 1 aromatic carbocycles. The molecule has 4 rings (SSSR count). The van der Waals surface area contributed by atoms with E-state index in [-0.39, 0.29) is 5.92 Å². The number of hydrogen-bond donors (Lipinski definition) is 1. The molecule has 0 bridgehead atoms. The number of fused-ring (bicyclic) bond motifs is 1. The number of nitriles is 1. The molecule has 7 nitrogen and oxygen atoms in total. The zero-order valence-corrected chi connectivity index (χ0v) is 16.8. The third-order valence-electron chi connectivity index (χ3n) is 5.75. The van der Waals surface area contributed by atoms with E-state index in [0.29, 0.717) is 34.5 Å². The maximum absolute atomic E-state index is 11.7. The molecule has 0 radical (unpaired) electrons. The Morgan fingerprint density at radius 1 is 1.25 bits per heavy atom. The van der Waals surface area contributed by atoms with E-state index >= 15 is 0 Å². The van der Waals surface area contributed by atoms with Crippen LogP contribution >= 0.6 is 0 Å². The molecule has 1 N–H and O–H groups in total. The molecule has 2 fully saturated rings. The van der Waals surface area contributed by atoms with Crippen LogP contribution in [0.15, 0.2) is 24.5 Å². The molecule has 2 saturated heterocycles. The Morgan fingerprint density at radius 3 is 2.75 bits per heavy atom. The van der Waals surface area contributed by atoms with Crippen molar-refractivity contribution in [2.24, 2.45) is 11.8 Å². The highest BCUT2D eigenvalue weighted by molar-refractivity contribution is 7.91. The molecule has 2 aromatic rings. The highest BCUT2D eigenvalue weighted by Crippen LogP contribution is 2.30. The minimum atomic E-state index is -2.84. The molecule has 148 valence electrons. The summed E-state index contributed by atoms with van der Waals surface area (Å²) in [7, 11) is -2.84. The Kier molecular flexibility index (Phi) is 5.21. The molecule has 2 aliphatic rings. The van der Waals surface area contributed by atoms with Gasteiger partial charge in [0.15, 0.2) is 9.84 Å². The molecule has 3 atom stereocenters. The Hall–Kier alpha value is -2.24. The number of rotatable bonds is 4. The Labute approximate surface area is 165 Å². The largest absolute Gasteiger partial charge is 0.368 e. The van der Waals surface area contributed by atoms with Crippen LogP contribution in [0.25, 0.3) is 11.0 Å². The minimum absolute atomic E-state index is 0.220. The maximum Gasteiger partial charge on any atom is 0.150 e. The lowest BCUT2D eigenvalue weighted by Crippen LogP contribution is -2.50. The number of anilines is 1. The topological polar surface area (TPSA) is 99.0 Å². The monoisotopic (exact) mass is 399 g/mol. The second-order valence-electron chi connectivity index (χ2n) is 8.12. The summed E-state index contributed by atoms with van der Waals surface area (Å²) in [6.45, 7) is 4.74. The average molecular weight is 400 g/mol. The van der Waals surface area contributed by atoms with Crippen molar-refractivity contribution < 1.29 is 8.42 Å². The molecule has 0 amide bonds. The van der Waals surface area contributed by atoms with Gasteiger partial charge >= 0.3 is 0 Å². The van der Waals surface area contributed by atoms with Crippen LogP contribution in [-0.2, 0) is 9.84 Å². The summed E-state index contributed by atoms with van der Waals surface area (Å²) < 4.78 is 23.4. The molecule has 0 saturated carbocycles. The maximum atomic E-state index is 11.7. The fourth-order valence-electron chi connectivity index (χ4n) is 4.45. The molecular weight excluding hydrogens is 374 g/mol. The quantitative estimate of drug-likeness (QED) is 0.836. The zero-order valence-electron chi connectivity index (χ0n) is 16.0. The first-order valence-corrected chi connectivity index (χ1v) is 11.6. The SMILES string of the molecule is C[C@H]1C[C@@H](NCC2CCS(=O)(=O)C2)CN(c2ccc(C#N)c3nccnc23)C1. The lowest BCUT2D eigenvalue weighted by atomic mass is 9.94. The van der Waals surface area contributed by atoms with Gasteiger partial charge in [-0.3, -0.25) is 9.97 Å². The van der Waals surface area contributed by atoms with Crippen molar-refractivity contribution in [2.75, 3.05) is 36.0 Å². The van der Waals surface area contributed by atoms with E-state index in [0.717, 1.165) is 43.7 Å². The van der Waals surface area contributed by atoms with E-state index in [1.165, 1.54) is 0 Å². The van der Waals surface area contributed by atoms with Crippen molar-refractivity contribution >= 4 is 26.6 Å². The van der Waals surface area contributed by atoms with Crippen molar-refractivity contribution in [1.82, 2.24) is 15.3 Å². The van der Waals surface area contributed by atoms with Crippen molar-refractivity contribution in [3.8, 4) is 6.07 Å². The predicted octanol–water partition coefficient (Wildman–Crippen LogP) is 1.74. The van der Waals surface area contributed by atoms with Gasteiger partial charge in [0.1, 0.15) is 17.1 Å². The Bertz CT molecular complexity index is 1020. The van der Waals surface area contributed by atoms with E-state index in [4.69, 9.17) is 0 Å². The van der Waals surface area contributed by atoms with E-state index in [9.17, 15) is 13.7 Å². The van der Waals surface area contributed by atoms with E-state index in [1.807, 2.05) is 12.1 Å². The van der Waals surface area contributed by atoms with Crippen LogP contribution < -0.4 is 10.2 Å². The lowest BCUT2D eigenvalue weighted by Gasteiger charge is -2.39. The summed E-state index contributed by atoms with van der Waals surface area (Å²) in [5.41, 5.74) is 2.94. The van der Waals surface area contributed by atoms with Gasteiger partial charge in [0.2, 0.25) is 0 Å². The summed E-state index contributed by atoms with van der Waals surface area (Å²) in [5, 5.41) is 13.0. The lowest BCUT2D eigenvalue weighted by molar-refractivity contribution is 0.337. The molecular formula is C20H25N5O2S. The molecule has 0 spiro atoms. The van der Waals surface area contributed by atoms with Crippen LogP contribution in [0.1, 0.15) is 25.3 Å². The van der Waals surface area contributed by atoms with Gasteiger partial charge in [0.25, 0.3) is 0 Å². The average Bonchev–Trinajstić information content (AvgIpc) is 3.04. The van der Waals surface area contributed by atoms with Gasteiger partial charge in [0, 0.05) is 31.5 Å². The smallest absolute Gasteiger partial charge is 0.150 e. The number of benzene rings is 1. The van der Waals surface area contributed by atoms with E-state index in [2.05, 4.69) is 33.2 Å². The number of hydrogen-bond acceptors (Lipinski definition) is 7. The van der Waals surface area contributed by atoms with E-state index < -0.39 is 9.84 Å². The second kappa shape index (κ2) is 7.64. The van der Waals surface area contributed by atoms with Crippen molar-refractivity contribution in [3.63, 3.8) is 0 Å². The van der Waals surface area contributed by atoms with Crippen molar-refractivity contribution in [2.45, 2.75) is 25.8 Å². The minimum Gasteiger partial charge on any atom is -0.368 e. The highest BCUT2D eigenvalue weighted by atomic mass is 32.2. The van der Waals surface area contributed by atoms with E-state index in [1.54, 1.807) is 12.4 Å². The molecule has 2 aliphatic heterocycles. The first kappa shape index (κ1) is 19.1. The van der Waals surface area contributed by atoms with Crippen LogP contribution in [0.4, 0.5) is 5.69 Å². The fraction of sp³-hybridized carbons (Fsp3) is 0.550. The molecule has 28 heavy (non-hydrogen) atoms. The first-order valence-electron chi connectivity index (χ1n) is 9.78. The zero-order chi connectivity index (χ0) is 19.7. The van der Waals surface area contributed by atoms with Gasteiger partial charge in [-0.1, -0.05) is 6.92 Å². The second-order valence-corrected chi connectivity index (χ2v) is 10.3. The number of aromatic nitrogens is 2. The summed E-state index contributed by atoms with van der Waals surface area (Å²) in [5.74, 6) is 1.35. The summed E-state index contributed by atoms with van der Waals surface area (Å²) in [6, 6.07) is 6.28. The predicted molar refractivity (Wildman–Crippen MR) is 109 cm³/mol. The van der Waals surface area contributed by atoms with Gasteiger partial charge in [-0.2, -0.15) is 5.26 Å². The van der Waals surface area contributed by atoms with Gasteiger partial charge in [-0.25, -0.2) is 8.42 Å². The molecule has 1 aromatic heterocycles. The first-order chi connectivity index (χ1) is 13.4. The van der Waals surface area contributed by atoms with Crippen LogP contribution in [0.5, 0.6) is 0 Å². The molecule has 8 heteroatoms. The normalized spacial score (nSPS) is 27.0. The van der Waals surface area contributed by atoms with Crippen LogP contribution in [0, 0.1) is 23.2 Å². The Morgan fingerprint density at radius 2 is 2.04 bits per heavy atom. The molecule has 0 aliphatic carbocycles. The van der Waals surface area contributed by atoms with Crippen molar-refractivity contribution in [1.29, 1.82) is 5.26 Å². The Balaban J connectivity index is 1.51. The van der Waals surface area contributed by atoms with Gasteiger partial charge in [0.05, 0.1) is 22.8 Å². The van der Waals surface area contributed by atoms with Crippen molar-refractivity contribution in [3.05, 3.63) is 30.1 Å². The van der Waals surface area contributed by atoms with Gasteiger partial charge in [-0.15, -0.1) is 0 Å².